The maximum Gasteiger partial charge on any atom is 0.0509 e. The molecule has 0 amide bonds. The summed E-state index contributed by atoms with van der Waals surface area (Å²) in [4.78, 5) is 0. The summed E-state index contributed by atoms with van der Waals surface area (Å²) in [5, 5.41) is 4.30. The van der Waals surface area contributed by atoms with Gasteiger partial charge in [-0.15, -0.1) is 0 Å². The van der Waals surface area contributed by atoms with Crippen molar-refractivity contribution in [2.45, 2.75) is 12.5 Å². The van der Waals surface area contributed by atoms with Crippen LogP contribution in [-0.4, -0.2) is 20.3 Å². The number of hydrogen-bond acceptors (Lipinski definition) is 2. The highest BCUT2D eigenvalue weighted by Gasteiger charge is 2.27. The van der Waals surface area contributed by atoms with Gasteiger partial charge in [-0.25, -0.2) is 0 Å². The molecule has 1 aliphatic heterocycles. The van der Waals surface area contributed by atoms with Crippen molar-refractivity contribution >= 4 is 11.6 Å². The average molecular weight is 226 g/mol. The Morgan fingerprint density at radius 1 is 1.40 bits per heavy atom. The Morgan fingerprint density at radius 3 is 2.80 bits per heavy atom. The first-order valence-electron chi connectivity index (χ1n) is 5.29. The first-order valence-corrected chi connectivity index (χ1v) is 5.67. The van der Waals surface area contributed by atoms with Crippen molar-refractivity contribution in [3.05, 3.63) is 34.9 Å². The van der Waals surface area contributed by atoms with Crippen LogP contribution >= 0.6 is 11.6 Å². The second-order valence-corrected chi connectivity index (χ2v) is 4.42. The minimum atomic E-state index is 0.419. The number of methoxy groups -OCH3 is 1. The zero-order valence-corrected chi connectivity index (χ0v) is 9.63. The van der Waals surface area contributed by atoms with Gasteiger partial charge in [0, 0.05) is 24.1 Å². The Labute approximate surface area is 95.6 Å². The van der Waals surface area contributed by atoms with Crippen LogP contribution in [0, 0.1) is 5.92 Å². The van der Waals surface area contributed by atoms with E-state index >= 15 is 0 Å². The first-order chi connectivity index (χ1) is 7.31. The first kappa shape index (κ1) is 10.9. The van der Waals surface area contributed by atoms with Crippen molar-refractivity contribution < 1.29 is 4.74 Å². The van der Waals surface area contributed by atoms with Gasteiger partial charge in [0.1, 0.15) is 0 Å². The molecule has 2 rings (SSSR count). The number of rotatable bonds is 3. The summed E-state index contributed by atoms with van der Waals surface area (Å²) >= 11 is 5.87. The van der Waals surface area contributed by atoms with Gasteiger partial charge in [0.15, 0.2) is 0 Å². The molecule has 2 atom stereocenters. The summed E-state index contributed by atoms with van der Waals surface area (Å²) in [5.74, 6) is 0.580. The Hall–Kier alpha value is -0.570. The van der Waals surface area contributed by atoms with Crippen LogP contribution in [0.5, 0.6) is 0 Å². The van der Waals surface area contributed by atoms with E-state index in [1.165, 1.54) is 12.0 Å². The molecular weight excluding hydrogens is 210 g/mol. The molecule has 0 bridgehead atoms. The molecule has 3 heteroatoms. The number of benzene rings is 1. The Kier molecular flexibility index (Phi) is 3.62. The molecule has 82 valence electrons. The van der Waals surface area contributed by atoms with Crippen LogP contribution in [0.3, 0.4) is 0 Å². The normalized spacial score (nSPS) is 25.7. The lowest BCUT2D eigenvalue weighted by Gasteiger charge is -2.19. The lowest BCUT2D eigenvalue weighted by molar-refractivity contribution is 0.145. The highest BCUT2D eigenvalue weighted by Crippen LogP contribution is 2.30. The van der Waals surface area contributed by atoms with Crippen LogP contribution in [0.2, 0.25) is 5.02 Å². The monoisotopic (exact) mass is 225 g/mol. The van der Waals surface area contributed by atoms with Crippen LogP contribution in [0.4, 0.5) is 0 Å². The van der Waals surface area contributed by atoms with E-state index in [1.54, 1.807) is 7.11 Å². The molecule has 1 fully saturated rings. The number of ether oxygens (including phenoxy) is 1. The predicted octanol–water partition coefficient (Wildman–Crippen LogP) is 2.64. The summed E-state index contributed by atoms with van der Waals surface area (Å²) in [6, 6.07) is 8.49. The molecular formula is C12H16ClNO. The van der Waals surface area contributed by atoms with E-state index in [9.17, 15) is 0 Å². The third-order valence-corrected chi connectivity index (χ3v) is 3.21. The standard InChI is InChI=1S/C12H16ClNO/c1-15-8-10-6-7-14-12(10)9-2-4-11(13)5-3-9/h2-5,10,12,14H,6-8H2,1H3. The van der Waals surface area contributed by atoms with Gasteiger partial charge in [-0.05, 0) is 30.7 Å². The van der Waals surface area contributed by atoms with Crippen LogP contribution in [0.1, 0.15) is 18.0 Å². The van der Waals surface area contributed by atoms with Crippen LogP contribution < -0.4 is 5.32 Å². The second kappa shape index (κ2) is 4.97. The van der Waals surface area contributed by atoms with E-state index < -0.39 is 0 Å². The minimum Gasteiger partial charge on any atom is -0.384 e. The summed E-state index contributed by atoms with van der Waals surface area (Å²) in [6.07, 6.45) is 1.18. The van der Waals surface area contributed by atoms with Gasteiger partial charge in [0.25, 0.3) is 0 Å². The second-order valence-electron chi connectivity index (χ2n) is 3.99. The van der Waals surface area contributed by atoms with Crippen LogP contribution in [0.15, 0.2) is 24.3 Å². The summed E-state index contributed by atoms with van der Waals surface area (Å²) in [5.41, 5.74) is 1.30. The van der Waals surface area contributed by atoms with E-state index in [0.29, 0.717) is 12.0 Å². The van der Waals surface area contributed by atoms with Crippen molar-refractivity contribution in [1.29, 1.82) is 0 Å². The fraction of sp³-hybridized carbons (Fsp3) is 0.500. The lowest BCUT2D eigenvalue weighted by atomic mass is 9.95. The molecule has 2 nitrogen and oxygen atoms in total. The van der Waals surface area contributed by atoms with Gasteiger partial charge >= 0.3 is 0 Å². The molecule has 0 spiro atoms. The maximum atomic E-state index is 5.87. The maximum absolute atomic E-state index is 5.87. The van der Waals surface area contributed by atoms with E-state index in [2.05, 4.69) is 17.4 Å². The molecule has 1 aromatic carbocycles. The molecule has 1 aliphatic rings. The van der Waals surface area contributed by atoms with Crippen LogP contribution in [-0.2, 0) is 4.74 Å². The van der Waals surface area contributed by atoms with E-state index in [1.807, 2.05) is 12.1 Å². The van der Waals surface area contributed by atoms with Crippen molar-refractivity contribution in [3.8, 4) is 0 Å². The molecule has 1 saturated heterocycles. The predicted molar refractivity (Wildman–Crippen MR) is 62.2 cm³/mol. The highest BCUT2D eigenvalue weighted by atomic mass is 35.5. The largest absolute Gasteiger partial charge is 0.384 e. The van der Waals surface area contributed by atoms with Gasteiger partial charge in [0.2, 0.25) is 0 Å². The van der Waals surface area contributed by atoms with Crippen molar-refractivity contribution in [3.63, 3.8) is 0 Å². The number of hydrogen-bond donors (Lipinski definition) is 1. The van der Waals surface area contributed by atoms with Gasteiger partial charge < -0.3 is 10.1 Å². The fourth-order valence-corrected chi connectivity index (χ4v) is 2.34. The van der Waals surface area contributed by atoms with Crippen molar-refractivity contribution in [2.75, 3.05) is 20.3 Å². The minimum absolute atomic E-state index is 0.419. The molecule has 2 unspecified atom stereocenters. The molecule has 0 saturated carbocycles. The Morgan fingerprint density at radius 2 is 2.13 bits per heavy atom. The Bertz CT molecular complexity index is 312. The molecule has 0 radical (unpaired) electrons. The van der Waals surface area contributed by atoms with Crippen LogP contribution in [0.25, 0.3) is 0 Å². The number of halogens is 1. The summed E-state index contributed by atoms with van der Waals surface area (Å²) < 4.78 is 5.24. The van der Waals surface area contributed by atoms with Gasteiger partial charge in [-0.3, -0.25) is 0 Å². The average Bonchev–Trinajstić information content (AvgIpc) is 2.68. The smallest absolute Gasteiger partial charge is 0.0509 e. The lowest BCUT2D eigenvalue weighted by Crippen LogP contribution is -2.20. The fourth-order valence-electron chi connectivity index (χ4n) is 2.21. The zero-order valence-electron chi connectivity index (χ0n) is 8.87. The SMILES string of the molecule is COCC1CCNC1c1ccc(Cl)cc1. The quantitative estimate of drug-likeness (QED) is 0.854. The zero-order chi connectivity index (χ0) is 10.7. The molecule has 0 aliphatic carbocycles. The summed E-state index contributed by atoms with van der Waals surface area (Å²) in [6.45, 7) is 1.89. The highest BCUT2D eigenvalue weighted by molar-refractivity contribution is 6.30. The van der Waals surface area contributed by atoms with E-state index in [4.69, 9.17) is 16.3 Å². The molecule has 1 aromatic rings. The summed E-state index contributed by atoms with van der Waals surface area (Å²) in [7, 11) is 1.76. The van der Waals surface area contributed by atoms with Crippen molar-refractivity contribution in [2.24, 2.45) is 5.92 Å². The number of nitrogens with one attached hydrogen (secondary N) is 1. The molecule has 1 heterocycles. The molecule has 15 heavy (non-hydrogen) atoms. The van der Waals surface area contributed by atoms with Crippen molar-refractivity contribution in [1.82, 2.24) is 5.32 Å². The Balaban J connectivity index is 2.11. The van der Waals surface area contributed by atoms with Gasteiger partial charge in [-0.2, -0.15) is 0 Å². The topological polar surface area (TPSA) is 21.3 Å². The van der Waals surface area contributed by atoms with Gasteiger partial charge in [0.05, 0.1) is 6.61 Å². The van der Waals surface area contributed by atoms with Gasteiger partial charge in [-0.1, -0.05) is 23.7 Å². The third kappa shape index (κ3) is 2.51. The van der Waals surface area contributed by atoms with E-state index in [-0.39, 0.29) is 0 Å². The third-order valence-electron chi connectivity index (χ3n) is 2.96. The van der Waals surface area contributed by atoms with E-state index in [0.717, 1.165) is 18.2 Å². The molecule has 0 aromatic heterocycles. The molecule has 1 N–H and O–H groups in total.